The molecule has 1 fully saturated rings. The monoisotopic (exact) mass is 278 g/mol. The minimum atomic E-state index is -0.0761. The summed E-state index contributed by atoms with van der Waals surface area (Å²) in [6, 6.07) is 6.41. The van der Waals surface area contributed by atoms with Gasteiger partial charge >= 0.3 is 0 Å². The Hall–Kier alpha value is -0.800. The van der Waals surface area contributed by atoms with Gasteiger partial charge in [0.2, 0.25) is 0 Å². The van der Waals surface area contributed by atoms with Crippen LogP contribution < -0.4 is 5.73 Å². The number of nitrogens with two attached hydrogens (primary N) is 1. The molecule has 0 unspecified atom stereocenters. The van der Waals surface area contributed by atoms with Crippen molar-refractivity contribution in [3.8, 4) is 0 Å². The SMILES string of the molecule is Cn1cc(C2(N)CCC2)c2ccc(Br)cc21. The highest BCUT2D eigenvalue weighted by molar-refractivity contribution is 9.10. The van der Waals surface area contributed by atoms with Crippen LogP contribution in [-0.4, -0.2) is 4.57 Å². The molecule has 2 N–H and O–H groups in total. The lowest BCUT2D eigenvalue weighted by Gasteiger charge is -2.38. The van der Waals surface area contributed by atoms with Crippen LogP contribution in [0, 0.1) is 0 Å². The molecule has 0 radical (unpaired) electrons. The number of aryl methyl sites for hydroxylation is 1. The van der Waals surface area contributed by atoms with Crippen LogP contribution in [0.5, 0.6) is 0 Å². The minimum absolute atomic E-state index is 0.0761. The normalized spacial score (nSPS) is 18.7. The zero-order chi connectivity index (χ0) is 11.3. The number of fused-ring (bicyclic) bond motifs is 1. The number of halogens is 1. The molecule has 0 spiro atoms. The zero-order valence-corrected chi connectivity index (χ0v) is 10.9. The highest BCUT2D eigenvalue weighted by atomic mass is 79.9. The molecule has 1 heterocycles. The van der Waals surface area contributed by atoms with Crippen LogP contribution in [0.4, 0.5) is 0 Å². The third-order valence-corrected chi connectivity index (χ3v) is 4.23. The summed E-state index contributed by atoms with van der Waals surface area (Å²) in [5.41, 5.74) is 8.90. The summed E-state index contributed by atoms with van der Waals surface area (Å²) in [6.45, 7) is 0. The first kappa shape index (κ1) is 10.4. The summed E-state index contributed by atoms with van der Waals surface area (Å²) >= 11 is 3.51. The Morgan fingerprint density at radius 3 is 2.75 bits per heavy atom. The van der Waals surface area contributed by atoms with Crippen LogP contribution in [0.1, 0.15) is 24.8 Å². The van der Waals surface area contributed by atoms with Crippen LogP contribution in [0.2, 0.25) is 0 Å². The molecule has 3 rings (SSSR count). The van der Waals surface area contributed by atoms with Gasteiger partial charge in [-0.05, 0) is 37.0 Å². The lowest BCUT2D eigenvalue weighted by molar-refractivity contribution is 0.255. The molecule has 2 nitrogen and oxygen atoms in total. The number of nitrogens with zero attached hydrogens (tertiary/aromatic N) is 1. The molecule has 1 saturated carbocycles. The van der Waals surface area contributed by atoms with Crippen LogP contribution >= 0.6 is 15.9 Å². The van der Waals surface area contributed by atoms with Gasteiger partial charge in [-0.2, -0.15) is 0 Å². The van der Waals surface area contributed by atoms with E-state index in [-0.39, 0.29) is 5.54 Å². The number of aromatic nitrogens is 1. The summed E-state index contributed by atoms with van der Waals surface area (Å²) in [7, 11) is 2.08. The van der Waals surface area contributed by atoms with Crippen LogP contribution in [0.25, 0.3) is 10.9 Å². The summed E-state index contributed by atoms with van der Waals surface area (Å²) in [6.07, 6.45) is 5.67. The maximum absolute atomic E-state index is 6.42. The predicted octanol–water partition coefficient (Wildman–Crippen LogP) is 3.28. The molecule has 3 heteroatoms. The van der Waals surface area contributed by atoms with Gasteiger partial charge in [-0.3, -0.25) is 0 Å². The standard InChI is InChI=1S/C13H15BrN2/c1-16-8-11(13(15)5-2-6-13)10-4-3-9(14)7-12(10)16/h3-4,7-8H,2,5-6,15H2,1H3. The molecule has 0 bridgehead atoms. The smallest absolute Gasteiger partial charge is 0.0492 e. The largest absolute Gasteiger partial charge is 0.350 e. The predicted molar refractivity (Wildman–Crippen MR) is 70.3 cm³/mol. The fourth-order valence-electron chi connectivity index (χ4n) is 2.58. The Balaban J connectivity index is 2.26. The van der Waals surface area contributed by atoms with Gasteiger partial charge in [-0.15, -0.1) is 0 Å². The highest BCUT2D eigenvalue weighted by Gasteiger charge is 2.36. The molecule has 0 atom stereocenters. The zero-order valence-electron chi connectivity index (χ0n) is 9.33. The van der Waals surface area contributed by atoms with Crippen molar-refractivity contribution in [2.24, 2.45) is 12.8 Å². The van der Waals surface area contributed by atoms with Crippen molar-refractivity contribution in [2.45, 2.75) is 24.8 Å². The Kier molecular flexibility index (Phi) is 2.17. The Bertz CT molecular complexity index is 552. The lowest BCUT2D eigenvalue weighted by Crippen LogP contribution is -2.43. The van der Waals surface area contributed by atoms with Gasteiger partial charge in [0.15, 0.2) is 0 Å². The van der Waals surface area contributed by atoms with Crippen LogP contribution in [0.3, 0.4) is 0 Å². The van der Waals surface area contributed by atoms with E-state index in [0.717, 1.165) is 17.3 Å². The molecule has 1 aliphatic carbocycles. The summed E-state index contributed by atoms with van der Waals surface area (Å²) in [4.78, 5) is 0. The van der Waals surface area contributed by atoms with Crippen molar-refractivity contribution >= 4 is 26.8 Å². The summed E-state index contributed by atoms with van der Waals surface area (Å²) < 4.78 is 3.29. The third-order valence-electron chi connectivity index (χ3n) is 3.73. The summed E-state index contributed by atoms with van der Waals surface area (Å²) in [5.74, 6) is 0. The molecule has 84 valence electrons. The molecular weight excluding hydrogens is 264 g/mol. The van der Waals surface area contributed by atoms with Crippen LogP contribution in [-0.2, 0) is 12.6 Å². The van der Waals surface area contributed by atoms with Gasteiger partial charge < -0.3 is 10.3 Å². The van der Waals surface area contributed by atoms with E-state index in [9.17, 15) is 0 Å². The Labute approximate surface area is 104 Å². The first-order valence-corrected chi connectivity index (χ1v) is 6.43. The Morgan fingerprint density at radius 2 is 2.12 bits per heavy atom. The van der Waals surface area contributed by atoms with E-state index < -0.39 is 0 Å². The average Bonchev–Trinajstić information content (AvgIpc) is 2.53. The lowest BCUT2D eigenvalue weighted by atomic mass is 9.73. The number of hydrogen-bond acceptors (Lipinski definition) is 1. The van der Waals surface area contributed by atoms with E-state index in [4.69, 9.17) is 5.73 Å². The van der Waals surface area contributed by atoms with Gasteiger partial charge in [0, 0.05) is 34.2 Å². The van der Waals surface area contributed by atoms with Gasteiger partial charge in [0.1, 0.15) is 0 Å². The van der Waals surface area contributed by atoms with Crippen molar-refractivity contribution in [1.29, 1.82) is 0 Å². The second-order valence-electron chi connectivity index (χ2n) is 4.82. The van der Waals surface area contributed by atoms with Crippen molar-refractivity contribution < 1.29 is 0 Å². The quantitative estimate of drug-likeness (QED) is 0.853. The molecule has 16 heavy (non-hydrogen) atoms. The molecule has 2 aromatic rings. The first-order valence-electron chi connectivity index (χ1n) is 5.64. The van der Waals surface area contributed by atoms with E-state index in [1.54, 1.807) is 0 Å². The molecule has 0 aliphatic heterocycles. The molecule has 1 aromatic carbocycles. The topological polar surface area (TPSA) is 30.9 Å². The number of rotatable bonds is 1. The molecule has 0 saturated heterocycles. The van der Waals surface area contributed by atoms with Crippen molar-refractivity contribution in [1.82, 2.24) is 4.57 Å². The molecule has 1 aliphatic rings. The van der Waals surface area contributed by atoms with Gasteiger partial charge in [0.25, 0.3) is 0 Å². The van der Waals surface area contributed by atoms with E-state index >= 15 is 0 Å². The van der Waals surface area contributed by atoms with Crippen molar-refractivity contribution in [2.75, 3.05) is 0 Å². The molecular formula is C13H15BrN2. The average molecular weight is 279 g/mol. The fraction of sp³-hybridized carbons (Fsp3) is 0.385. The van der Waals surface area contributed by atoms with Gasteiger partial charge in [0.05, 0.1) is 0 Å². The maximum atomic E-state index is 6.42. The van der Waals surface area contributed by atoms with E-state index in [2.05, 4.69) is 51.9 Å². The van der Waals surface area contributed by atoms with Gasteiger partial charge in [-0.1, -0.05) is 22.0 Å². The molecule has 1 aromatic heterocycles. The number of hydrogen-bond donors (Lipinski definition) is 1. The number of benzene rings is 1. The van der Waals surface area contributed by atoms with Crippen molar-refractivity contribution in [3.63, 3.8) is 0 Å². The van der Waals surface area contributed by atoms with Crippen LogP contribution in [0.15, 0.2) is 28.9 Å². The second kappa shape index (κ2) is 3.34. The van der Waals surface area contributed by atoms with E-state index in [1.165, 1.54) is 22.9 Å². The van der Waals surface area contributed by atoms with E-state index in [1.807, 2.05) is 0 Å². The van der Waals surface area contributed by atoms with E-state index in [0.29, 0.717) is 0 Å². The first-order chi connectivity index (χ1) is 7.60. The minimum Gasteiger partial charge on any atom is -0.350 e. The van der Waals surface area contributed by atoms with Crippen molar-refractivity contribution in [3.05, 3.63) is 34.4 Å². The maximum Gasteiger partial charge on any atom is 0.0492 e. The summed E-state index contributed by atoms with van der Waals surface area (Å²) in [5, 5.41) is 1.30. The van der Waals surface area contributed by atoms with Gasteiger partial charge in [-0.25, -0.2) is 0 Å². The second-order valence-corrected chi connectivity index (χ2v) is 5.74. The third kappa shape index (κ3) is 1.35. The highest BCUT2D eigenvalue weighted by Crippen LogP contribution is 2.42. The fourth-order valence-corrected chi connectivity index (χ4v) is 2.93. The Morgan fingerprint density at radius 1 is 1.38 bits per heavy atom. The molecule has 0 amide bonds.